The van der Waals surface area contributed by atoms with Gasteiger partial charge in [0, 0.05) is 11.1 Å². The lowest BCUT2D eigenvalue weighted by Gasteiger charge is -2.08. The number of nitrogens with zero attached hydrogens (tertiary/aromatic N) is 3. The van der Waals surface area contributed by atoms with Gasteiger partial charge in [0.2, 0.25) is 0 Å². The van der Waals surface area contributed by atoms with Gasteiger partial charge >= 0.3 is 0 Å². The van der Waals surface area contributed by atoms with Crippen LogP contribution in [0.15, 0.2) is 83.6 Å². The molecular weight excluding hydrogens is 328 g/mol. The van der Waals surface area contributed by atoms with Gasteiger partial charge in [0.1, 0.15) is 5.76 Å². The van der Waals surface area contributed by atoms with Crippen LogP contribution in [0.2, 0.25) is 0 Å². The molecule has 0 bridgehead atoms. The highest BCUT2D eigenvalue weighted by Gasteiger charge is 2.10. The predicted molar refractivity (Wildman–Crippen MR) is 96.7 cm³/mol. The highest BCUT2D eigenvalue weighted by molar-refractivity contribution is 5.94. The molecule has 4 aromatic rings. The maximum Gasteiger partial charge on any atom is 0.251 e. The highest BCUT2D eigenvalue weighted by Crippen LogP contribution is 2.21. The summed E-state index contributed by atoms with van der Waals surface area (Å²) in [6.07, 6.45) is 3.30. The zero-order chi connectivity index (χ0) is 17.8. The van der Waals surface area contributed by atoms with Gasteiger partial charge in [-0.25, -0.2) is 4.68 Å². The number of rotatable bonds is 5. The smallest absolute Gasteiger partial charge is 0.251 e. The monoisotopic (exact) mass is 344 g/mol. The molecule has 6 heteroatoms. The Morgan fingerprint density at radius 2 is 1.81 bits per heavy atom. The molecule has 0 aliphatic carbocycles. The molecule has 26 heavy (non-hydrogen) atoms. The molecule has 0 spiro atoms. The molecule has 0 unspecified atom stereocenters. The number of hydrogen-bond donors (Lipinski definition) is 1. The van der Waals surface area contributed by atoms with E-state index in [0.29, 0.717) is 17.9 Å². The first-order valence-electron chi connectivity index (χ1n) is 8.18. The molecule has 0 aliphatic rings. The van der Waals surface area contributed by atoms with E-state index in [1.807, 2.05) is 48.5 Å². The van der Waals surface area contributed by atoms with Crippen molar-refractivity contribution in [1.29, 1.82) is 0 Å². The van der Waals surface area contributed by atoms with E-state index in [9.17, 15) is 4.79 Å². The van der Waals surface area contributed by atoms with Gasteiger partial charge in [-0.2, -0.15) is 0 Å². The zero-order valence-corrected chi connectivity index (χ0v) is 13.9. The Morgan fingerprint density at radius 3 is 2.54 bits per heavy atom. The van der Waals surface area contributed by atoms with Crippen LogP contribution in [0.3, 0.4) is 0 Å². The summed E-state index contributed by atoms with van der Waals surface area (Å²) < 4.78 is 6.96. The average Bonchev–Trinajstić information content (AvgIpc) is 3.39. The second-order valence-electron chi connectivity index (χ2n) is 5.71. The third-order valence-electron chi connectivity index (χ3n) is 4.00. The Kier molecular flexibility index (Phi) is 4.30. The molecule has 2 aromatic heterocycles. The van der Waals surface area contributed by atoms with Crippen molar-refractivity contribution in [2.45, 2.75) is 6.54 Å². The first-order valence-corrected chi connectivity index (χ1v) is 8.18. The van der Waals surface area contributed by atoms with Crippen LogP contribution in [0.4, 0.5) is 0 Å². The number of aromatic nitrogens is 3. The van der Waals surface area contributed by atoms with Crippen molar-refractivity contribution in [3.8, 4) is 16.9 Å². The second-order valence-corrected chi connectivity index (χ2v) is 5.71. The fourth-order valence-corrected chi connectivity index (χ4v) is 2.67. The number of benzene rings is 2. The molecule has 0 saturated heterocycles. The van der Waals surface area contributed by atoms with E-state index in [2.05, 4.69) is 15.6 Å². The molecule has 1 amide bonds. The van der Waals surface area contributed by atoms with Crippen LogP contribution in [0.25, 0.3) is 16.9 Å². The van der Waals surface area contributed by atoms with Gasteiger partial charge in [-0.1, -0.05) is 35.5 Å². The number of furan rings is 1. The maximum atomic E-state index is 12.2. The largest absolute Gasteiger partial charge is 0.467 e. The summed E-state index contributed by atoms with van der Waals surface area (Å²) in [7, 11) is 0. The Labute approximate surface area is 150 Å². The fourth-order valence-electron chi connectivity index (χ4n) is 2.67. The molecule has 0 radical (unpaired) electrons. The quantitative estimate of drug-likeness (QED) is 0.602. The van der Waals surface area contributed by atoms with Gasteiger partial charge in [0.15, 0.2) is 0 Å². The zero-order valence-electron chi connectivity index (χ0n) is 13.9. The molecule has 1 N–H and O–H groups in total. The summed E-state index contributed by atoms with van der Waals surface area (Å²) in [4.78, 5) is 12.2. The van der Waals surface area contributed by atoms with Crippen molar-refractivity contribution >= 4 is 5.91 Å². The normalized spacial score (nSPS) is 10.6. The van der Waals surface area contributed by atoms with E-state index in [0.717, 1.165) is 16.9 Å². The number of amides is 1. The topological polar surface area (TPSA) is 73.0 Å². The standard InChI is InChI=1S/C20H16N4O2/c25-20(21-13-18-7-4-12-26-18)16-8-10-17(11-9-16)24-19(14-22-23-24)15-5-2-1-3-6-15/h1-12,14H,13H2,(H,21,25). The van der Waals surface area contributed by atoms with E-state index >= 15 is 0 Å². The van der Waals surface area contributed by atoms with Crippen molar-refractivity contribution in [3.05, 3.63) is 90.5 Å². The Bertz CT molecular complexity index is 990. The number of carbonyl (C=O) groups excluding carboxylic acids is 1. The minimum Gasteiger partial charge on any atom is -0.467 e. The van der Waals surface area contributed by atoms with E-state index in [1.165, 1.54) is 0 Å². The van der Waals surface area contributed by atoms with E-state index in [-0.39, 0.29) is 5.91 Å². The number of carbonyl (C=O) groups is 1. The molecule has 2 aromatic carbocycles. The maximum absolute atomic E-state index is 12.2. The van der Waals surface area contributed by atoms with Crippen molar-refractivity contribution < 1.29 is 9.21 Å². The lowest BCUT2D eigenvalue weighted by atomic mass is 10.1. The third kappa shape index (κ3) is 3.25. The SMILES string of the molecule is O=C(NCc1ccco1)c1ccc(-n2nncc2-c2ccccc2)cc1. The van der Waals surface area contributed by atoms with Gasteiger partial charge in [-0.05, 0) is 36.4 Å². The Hall–Kier alpha value is -3.67. The Morgan fingerprint density at radius 1 is 1.00 bits per heavy atom. The van der Waals surface area contributed by atoms with Crippen LogP contribution >= 0.6 is 0 Å². The van der Waals surface area contributed by atoms with Crippen LogP contribution in [-0.2, 0) is 6.54 Å². The molecule has 0 aliphatic heterocycles. The van der Waals surface area contributed by atoms with E-state index in [1.54, 1.807) is 35.3 Å². The molecule has 4 rings (SSSR count). The van der Waals surface area contributed by atoms with Crippen LogP contribution < -0.4 is 5.32 Å². The molecule has 0 atom stereocenters. The van der Waals surface area contributed by atoms with Gasteiger partial charge in [0.05, 0.1) is 30.4 Å². The lowest BCUT2D eigenvalue weighted by Crippen LogP contribution is -2.22. The van der Waals surface area contributed by atoms with Gasteiger partial charge in [0.25, 0.3) is 5.91 Å². The number of nitrogens with one attached hydrogen (secondary N) is 1. The predicted octanol–water partition coefficient (Wildman–Crippen LogP) is 3.46. The minimum atomic E-state index is -0.158. The first kappa shape index (κ1) is 15.8. The minimum absolute atomic E-state index is 0.158. The average molecular weight is 344 g/mol. The highest BCUT2D eigenvalue weighted by atomic mass is 16.3. The van der Waals surface area contributed by atoms with Crippen LogP contribution in [0.1, 0.15) is 16.1 Å². The van der Waals surface area contributed by atoms with E-state index < -0.39 is 0 Å². The fraction of sp³-hybridized carbons (Fsp3) is 0.0500. The summed E-state index contributed by atoms with van der Waals surface area (Å²) >= 11 is 0. The van der Waals surface area contributed by atoms with Crippen molar-refractivity contribution in [2.24, 2.45) is 0 Å². The molecule has 128 valence electrons. The summed E-state index contributed by atoms with van der Waals surface area (Å²) in [5.74, 6) is 0.555. The Balaban J connectivity index is 1.52. The lowest BCUT2D eigenvalue weighted by molar-refractivity contribution is 0.0948. The van der Waals surface area contributed by atoms with Crippen LogP contribution in [-0.4, -0.2) is 20.9 Å². The molecule has 0 fully saturated rings. The van der Waals surface area contributed by atoms with Gasteiger partial charge in [-0.15, -0.1) is 5.10 Å². The van der Waals surface area contributed by atoms with Gasteiger partial charge in [-0.3, -0.25) is 4.79 Å². The molecule has 2 heterocycles. The number of hydrogen-bond acceptors (Lipinski definition) is 4. The summed E-state index contributed by atoms with van der Waals surface area (Å²) in [6, 6.07) is 20.8. The summed E-state index contributed by atoms with van der Waals surface area (Å²) in [6.45, 7) is 0.356. The molecule has 0 saturated carbocycles. The van der Waals surface area contributed by atoms with Crippen molar-refractivity contribution in [1.82, 2.24) is 20.3 Å². The summed E-state index contributed by atoms with van der Waals surface area (Å²) in [5, 5.41) is 11.0. The third-order valence-corrected chi connectivity index (χ3v) is 4.00. The molecule has 6 nitrogen and oxygen atoms in total. The van der Waals surface area contributed by atoms with Gasteiger partial charge < -0.3 is 9.73 Å². The first-order chi connectivity index (χ1) is 12.8. The molecular formula is C20H16N4O2. The van der Waals surface area contributed by atoms with Crippen molar-refractivity contribution in [3.63, 3.8) is 0 Å². The summed E-state index contributed by atoms with van der Waals surface area (Å²) in [5.41, 5.74) is 3.32. The van der Waals surface area contributed by atoms with E-state index in [4.69, 9.17) is 4.42 Å². The second kappa shape index (κ2) is 7.06. The van der Waals surface area contributed by atoms with Crippen molar-refractivity contribution in [2.75, 3.05) is 0 Å². The van der Waals surface area contributed by atoms with Crippen LogP contribution in [0.5, 0.6) is 0 Å². The van der Waals surface area contributed by atoms with Crippen LogP contribution in [0, 0.1) is 0 Å².